The summed E-state index contributed by atoms with van der Waals surface area (Å²) in [5, 5.41) is 2.93. The molecule has 0 saturated carbocycles. The maximum absolute atomic E-state index is 13.6. The van der Waals surface area contributed by atoms with Crippen LogP contribution in [0.2, 0.25) is 0 Å². The van der Waals surface area contributed by atoms with Crippen LogP contribution in [0.1, 0.15) is 38.9 Å². The summed E-state index contributed by atoms with van der Waals surface area (Å²) in [5.41, 5.74) is 5.32. The zero-order valence-corrected chi connectivity index (χ0v) is 21.3. The van der Waals surface area contributed by atoms with E-state index in [1.165, 1.54) is 12.0 Å². The van der Waals surface area contributed by atoms with Crippen LogP contribution in [-0.4, -0.2) is 47.4 Å². The number of anilines is 2. The first kappa shape index (κ1) is 24.3. The maximum Gasteiger partial charge on any atom is 0.276 e. The Morgan fingerprint density at radius 1 is 0.946 bits per heavy atom. The van der Waals surface area contributed by atoms with Crippen LogP contribution in [0.15, 0.2) is 83.6 Å². The van der Waals surface area contributed by atoms with Crippen LogP contribution >= 0.6 is 0 Å². The van der Waals surface area contributed by atoms with Gasteiger partial charge < -0.3 is 19.5 Å². The predicted molar refractivity (Wildman–Crippen MR) is 145 cm³/mol. The topological polar surface area (TPSA) is 78.7 Å². The summed E-state index contributed by atoms with van der Waals surface area (Å²) in [6, 6.07) is 23.3. The van der Waals surface area contributed by atoms with E-state index in [0.29, 0.717) is 35.7 Å². The Kier molecular flexibility index (Phi) is 6.77. The van der Waals surface area contributed by atoms with Gasteiger partial charge in [0.1, 0.15) is 0 Å². The second-order valence-electron chi connectivity index (χ2n) is 9.53. The maximum atomic E-state index is 13.6. The van der Waals surface area contributed by atoms with Gasteiger partial charge in [0.25, 0.3) is 11.8 Å². The van der Waals surface area contributed by atoms with Crippen LogP contribution < -0.4 is 10.2 Å². The normalized spacial score (nSPS) is 15.5. The van der Waals surface area contributed by atoms with E-state index in [4.69, 9.17) is 4.42 Å². The molecular formula is C30H30N4O3. The summed E-state index contributed by atoms with van der Waals surface area (Å²) in [5.74, 6) is -0.184. The number of rotatable bonds is 5. The van der Waals surface area contributed by atoms with Crippen molar-refractivity contribution in [2.45, 2.75) is 26.8 Å². The Labute approximate surface area is 216 Å². The van der Waals surface area contributed by atoms with Gasteiger partial charge in [0.2, 0.25) is 0 Å². The Morgan fingerprint density at radius 2 is 1.73 bits per heavy atom. The highest BCUT2D eigenvalue weighted by molar-refractivity contribution is 6.10. The molecule has 5 rings (SSSR count). The van der Waals surface area contributed by atoms with E-state index < -0.39 is 0 Å². The van der Waals surface area contributed by atoms with E-state index in [0.717, 1.165) is 17.8 Å². The quantitative estimate of drug-likeness (QED) is 0.393. The number of benzene rings is 3. The molecule has 1 fully saturated rings. The SMILES string of the molecule is Cc1ccc(NC(=O)c2ccccc2-c2ocnc2C(=O)N2CCN(c3cccc(C)c3)C(C)C2)cc1. The van der Waals surface area contributed by atoms with Crippen LogP contribution in [0.25, 0.3) is 11.3 Å². The van der Waals surface area contributed by atoms with Crippen LogP contribution in [0, 0.1) is 13.8 Å². The van der Waals surface area contributed by atoms with Crippen molar-refractivity contribution < 1.29 is 14.0 Å². The molecule has 188 valence electrons. The summed E-state index contributed by atoms with van der Waals surface area (Å²) in [6.45, 7) is 8.05. The second-order valence-corrected chi connectivity index (χ2v) is 9.53. The van der Waals surface area contributed by atoms with Gasteiger partial charge in [-0.3, -0.25) is 9.59 Å². The minimum Gasteiger partial charge on any atom is -0.443 e. The number of nitrogens with zero attached hydrogens (tertiary/aromatic N) is 3. The van der Waals surface area contributed by atoms with Gasteiger partial charge in [0.05, 0.1) is 5.56 Å². The van der Waals surface area contributed by atoms with Crippen molar-refractivity contribution >= 4 is 23.2 Å². The molecule has 4 aromatic rings. The molecule has 0 bridgehead atoms. The highest BCUT2D eigenvalue weighted by Crippen LogP contribution is 2.29. The molecule has 7 heteroatoms. The third-order valence-electron chi connectivity index (χ3n) is 6.74. The van der Waals surface area contributed by atoms with E-state index in [-0.39, 0.29) is 23.6 Å². The lowest BCUT2D eigenvalue weighted by Crippen LogP contribution is -2.54. The van der Waals surface area contributed by atoms with E-state index in [1.807, 2.05) is 42.2 Å². The third kappa shape index (κ3) is 5.11. The Bertz CT molecular complexity index is 1430. The standard InChI is InChI=1S/C30H30N4O3/c1-20-11-13-23(14-12-20)32-29(35)26-10-5-4-9-25(26)28-27(31-19-37-28)30(36)33-15-16-34(22(3)18-33)24-8-6-7-21(2)17-24/h4-14,17,19,22H,15-16,18H2,1-3H3,(H,32,35). The zero-order valence-electron chi connectivity index (χ0n) is 21.3. The average molecular weight is 495 g/mol. The minimum atomic E-state index is -0.283. The fraction of sp³-hybridized carbons (Fsp3) is 0.233. The molecular weight excluding hydrogens is 464 g/mol. The van der Waals surface area contributed by atoms with E-state index in [9.17, 15) is 9.59 Å². The first-order valence-electron chi connectivity index (χ1n) is 12.4. The molecule has 0 aliphatic carbocycles. The number of nitrogens with one attached hydrogen (secondary N) is 1. The lowest BCUT2D eigenvalue weighted by molar-refractivity contribution is 0.0721. The molecule has 3 aromatic carbocycles. The Hall–Kier alpha value is -4.39. The lowest BCUT2D eigenvalue weighted by atomic mass is 10.0. The highest BCUT2D eigenvalue weighted by Gasteiger charge is 2.31. The largest absolute Gasteiger partial charge is 0.443 e. The summed E-state index contributed by atoms with van der Waals surface area (Å²) in [4.78, 5) is 35.2. The van der Waals surface area contributed by atoms with Gasteiger partial charge in [-0.15, -0.1) is 0 Å². The molecule has 0 radical (unpaired) electrons. The highest BCUT2D eigenvalue weighted by atomic mass is 16.3. The lowest BCUT2D eigenvalue weighted by Gasteiger charge is -2.41. The summed E-state index contributed by atoms with van der Waals surface area (Å²) < 4.78 is 5.70. The van der Waals surface area contributed by atoms with Crippen molar-refractivity contribution in [1.29, 1.82) is 0 Å². The molecule has 37 heavy (non-hydrogen) atoms. The number of hydrogen-bond donors (Lipinski definition) is 1. The molecule has 2 amide bonds. The van der Waals surface area contributed by atoms with Crippen LogP contribution in [-0.2, 0) is 0 Å². The average Bonchev–Trinajstić information content (AvgIpc) is 3.39. The van der Waals surface area contributed by atoms with Crippen molar-refractivity contribution in [2.75, 3.05) is 29.9 Å². The van der Waals surface area contributed by atoms with Gasteiger partial charge in [-0.1, -0.05) is 48.0 Å². The first-order chi connectivity index (χ1) is 17.9. The fourth-order valence-corrected chi connectivity index (χ4v) is 4.79. The van der Waals surface area contributed by atoms with Gasteiger partial charge in [0, 0.05) is 42.6 Å². The summed E-state index contributed by atoms with van der Waals surface area (Å²) >= 11 is 0. The van der Waals surface area contributed by atoms with Gasteiger partial charge >= 0.3 is 0 Å². The number of carbonyl (C=O) groups is 2. The molecule has 0 spiro atoms. The van der Waals surface area contributed by atoms with Gasteiger partial charge in [0.15, 0.2) is 17.8 Å². The number of piperazine rings is 1. The molecule has 1 aliphatic heterocycles. The number of oxazole rings is 1. The number of carbonyl (C=O) groups excluding carboxylic acids is 2. The molecule has 1 saturated heterocycles. The Balaban J connectivity index is 1.36. The summed E-state index contributed by atoms with van der Waals surface area (Å²) in [7, 11) is 0. The molecule has 1 unspecified atom stereocenters. The molecule has 7 nitrogen and oxygen atoms in total. The third-order valence-corrected chi connectivity index (χ3v) is 6.74. The van der Waals surface area contributed by atoms with E-state index >= 15 is 0 Å². The molecule has 1 atom stereocenters. The van der Waals surface area contributed by atoms with Crippen LogP contribution in [0.3, 0.4) is 0 Å². The number of amides is 2. The zero-order chi connectivity index (χ0) is 25.9. The molecule has 1 N–H and O–H groups in total. The molecule has 1 aromatic heterocycles. The smallest absolute Gasteiger partial charge is 0.276 e. The van der Waals surface area contributed by atoms with Crippen LogP contribution in [0.5, 0.6) is 0 Å². The predicted octanol–water partition coefficient (Wildman–Crippen LogP) is 5.56. The van der Waals surface area contributed by atoms with E-state index in [1.54, 1.807) is 18.2 Å². The van der Waals surface area contributed by atoms with Gasteiger partial charge in [-0.25, -0.2) is 4.98 Å². The monoisotopic (exact) mass is 494 g/mol. The first-order valence-corrected chi connectivity index (χ1v) is 12.4. The van der Waals surface area contributed by atoms with Crippen LogP contribution in [0.4, 0.5) is 11.4 Å². The van der Waals surface area contributed by atoms with Gasteiger partial charge in [-0.2, -0.15) is 0 Å². The number of aromatic nitrogens is 1. The van der Waals surface area contributed by atoms with Gasteiger partial charge in [-0.05, 0) is 56.7 Å². The number of aryl methyl sites for hydroxylation is 2. The molecule has 2 heterocycles. The van der Waals surface area contributed by atoms with E-state index in [2.05, 4.69) is 53.3 Å². The van der Waals surface area contributed by atoms with Crippen molar-refractivity contribution in [3.05, 3.63) is 102 Å². The van der Waals surface area contributed by atoms with Crippen molar-refractivity contribution in [3.63, 3.8) is 0 Å². The minimum absolute atomic E-state index is 0.141. The number of hydrogen-bond acceptors (Lipinski definition) is 5. The fourth-order valence-electron chi connectivity index (χ4n) is 4.79. The Morgan fingerprint density at radius 3 is 2.49 bits per heavy atom. The van der Waals surface area contributed by atoms with Crippen molar-refractivity contribution in [1.82, 2.24) is 9.88 Å². The second kappa shape index (κ2) is 10.3. The summed E-state index contributed by atoms with van der Waals surface area (Å²) in [6.07, 6.45) is 1.27. The molecule has 1 aliphatic rings. The van der Waals surface area contributed by atoms with Crippen molar-refractivity contribution in [2.24, 2.45) is 0 Å². The van der Waals surface area contributed by atoms with Crippen molar-refractivity contribution in [3.8, 4) is 11.3 Å².